The van der Waals surface area contributed by atoms with E-state index in [0.29, 0.717) is 19.0 Å². The summed E-state index contributed by atoms with van der Waals surface area (Å²) < 4.78 is 5.15. The van der Waals surface area contributed by atoms with E-state index in [1.165, 1.54) is 4.90 Å². The first kappa shape index (κ1) is 18.1. The third kappa shape index (κ3) is 5.15. The maximum atomic E-state index is 11.6. The van der Waals surface area contributed by atoms with Crippen molar-refractivity contribution < 1.29 is 19.4 Å². The van der Waals surface area contributed by atoms with Crippen LogP contribution in [0.2, 0.25) is 0 Å². The van der Waals surface area contributed by atoms with Gasteiger partial charge in [-0.25, -0.2) is 9.59 Å². The molecule has 24 heavy (non-hydrogen) atoms. The Morgan fingerprint density at radius 2 is 2.04 bits per heavy atom. The number of carboxylic acid groups (broad SMARTS) is 1. The van der Waals surface area contributed by atoms with Crippen molar-refractivity contribution in [3.05, 3.63) is 35.9 Å². The molecule has 1 saturated heterocycles. The fraction of sp³-hybridized carbons (Fsp3) is 0.556. The molecule has 2 rings (SSSR count). The summed E-state index contributed by atoms with van der Waals surface area (Å²) in [5.41, 5.74) is 0.646. The second-order valence-electron chi connectivity index (χ2n) is 6.91. The molecule has 6 nitrogen and oxygen atoms in total. The largest absolute Gasteiger partial charge is 0.465 e. The maximum absolute atomic E-state index is 11.6. The number of nitrogens with zero attached hydrogens (tertiary/aromatic N) is 1. The lowest BCUT2D eigenvalue weighted by Gasteiger charge is -2.28. The number of nitrogens with one attached hydrogen (secondary N) is 1. The Bertz CT molecular complexity index is 559. The predicted molar refractivity (Wildman–Crippen MR) is 90.8 cm³/mol. The molecule has 0 spiro atoms. The van der Waals surface area contributed by atoms with Crippen LogP contribution in [0.25, 0.3) is 0 Å². The van der Waals surface area contributed by atoms with Gasteiger partial charge in [0.2, 0.25) is 0 Å². The summed E-state index contributed by atoms with van der Waals surface area (Å²) in [5.74, 6) is 0.346. The standard InChI is InChI=1S/C18H26N2O4/c1-18(2)11-15(12-20(18)17(22)23)9-6-10-19-16(21)24-13-14-7-4-3-5-8-14/h3-5,7-8,15H,6,9-13H2,1-2H3,(H,19,21)(H,22,23). The number of carbonyl (C=O) groups excluding carboxylic acids is 1. The van der Waals surface area contributed by atoms with Crippen molar-refractivity contribution in [2.75, 3.05) is 13.1 Å². The van der Waals surface area contributed by atoms with Crippen LogP contribution < -0.4 is 5.32 Å². The topological polar surface area (TPSA) is 78.9 Å². The van der Waals surface area contributed by atoms with Crippen LogP contribution in [0.15, 0.2) is 30.3 Å². The summed E-state index contributed by atoms with van der Waals surface area (Å²) in [7, 11) is 0. The van der Waals surface area contributed by atoms with E-state index in [4.69, 9.17) is 4.74 Å². The number of benzene rings is 1. The minimum Gasteiger partial charge on any atom is -0.465 e. The first-order valence-corrected chi connectivity index (χ1v) is 8.33. The molecule has 0 saturated carbocycles. The highest BCUT2D eigenvalue weighted by molar-refractivity contribution is 5.67. The van der Waals surface area contributed by atoms with Gasteiger partial charge < -0.3 is 20.1 Å². The first-order valence-electron chi connectivity index (χ1n) is 8.33. The molecule has 0 aromatic heterocycles. The summed E-state index contributed by atoms with van der Waals surface area (Å²) in [6.07, 6.45) is 1.29. The monoisotopic (exact) mass is 334 g/mol. The Hall–Kier alpha value is -2.24. The fourth-order valence-corrected chi connectivity index (χ4v) is 3.27. The molecule has 2 amide bonds. The van der Waals surface area contributed by atoms with Crippen molar-refractivity contribution in [3.63, 3.8) is 0 Å². The quantitative estimate of drug-likeness (QED) is 0.781. The van der Waals surface area contributed by atoms with Crippen LogP contribution in [0, 0.1) is 5.92 Å². The second-order valence-corrected chi connectivity index (χ2v) is 6.91. The predicted octanol–water partition coefficient (Wildman–Crippen LogP) is 3.47. The van der Waals surface area contributed by atoms with E-state index in [1.54, 1.807) is 0 Å². The Balaban J connectivity index is 1.61. The van der Waals surface area contributed by atoms with E-state index in [1.807, 2.05) is 44.2 Å². The molecule has 1 unspecified atom stereocenters. The van der Waals surface area contributed by atoms with E-state index >= 15 is 0 Å². The maximum Gasteiger partial charge on any atom is 0.407 e. The first-order chi connectivity index (χ1) is 11.4. The molecule has 1 aliphatic rings. The highest BCUT2D eigenvalue weighted by Crippen LogP contribution is 2.34. The van der Waals surface area contributed by atoms with Crippen LogP contribution in [-0.2, 0) is 11.3 Å². The Labute approximate surface area is 142 Å². The summed E-state index contributed by atoms with van der Waals surface area (Å²) in [6, 6.07) is 9.53. The number of amides is 2. The number of ether oxygens (including phenoxy) is 1. The van der Waals surface area contributed by atoms with E-state index in [2.05, 4.69) is 5.32 Å². The molecule has 0 aliphatic carbocycles. The third-order valence-electron chi connectivity index (χ3n) is 4.46. The molecule has 1 aliphatic heterocycles. The van der Waals surface area contributed by atoms with Gasteiger partial charge in [0.05, 0.1) is 0 Å². The molecule has 1 aromatic rings. The summed E-state index contributed by atoms with van der Waals surface area (Å²) in [4.78, 5) is 24.4. The van der Waals surface area contributed by atoms with Gasteiger partial charge in [-0.15, -0.1) is 0 Å². The fourth-order valence-electron chi connectivity index (χ4n) is 3.27. The van der Waals surface area contributed by atoms with Crippen LogP contribution in [0.3, 0.4) is 0 Å². The lowest BCUT2D eigenvalue weighted by molar-refractivity contribution is 0.117. The Kier molecular flexibility index (Phi) is 6.06. The van der Waals surface area contributed by atoms with Crippen LogP contribution in [0.1, 0.15) is 38.7 Å². The molecule has 1 aromatic carbocycles. The molecule has 6 heteroatoms. The lowest BCUT2D eigenvalue weighted by Crippen LogP contribution is -2.41. The molecular weight excluding hydrogens is 308 g/mol. The zero-order valence-electron chi connectivity index (χ0n) is 14.3. The SMILES string of the molecule is CC1(C)CC(CCCNC(=O)OCc2ccccc2)CN1C(=O)O. The molecule has 0 radical (unpaired) electrons. The number of rotatable bonds is 6. The average Bonchev–Trinajstić information content (AvgIpc) is 2.85. The van der Waals surface area contributed by atoms with Gasteiger partial charge in [0.25, 0.3) is 0 Å². The summed E-state index contributed by atoms with van der Waals surface area (Å²) in [6.45, 7) is 5.29. The highest BCUT2D eigenvalue weighted by Gasteiger charge is 2.40. The minimum atomic E-state index is -0.856. The van der Waals surface area contributed by atoms with Gasteiger partial charge in [-0.3, -0.25) is 0 Å². The van der Waals surface area contributed by atoms with E-state index in [0.717, 1.165) is 24.8 Å². The summed E-state index contributed by atoms with van der Waals surface area (Å²) >= 11 is 0. The molecular formula is C18H26N2O4. The van der Waals surface area contributed by atoms with Crippen molar-refractivity contribution in [2.24, 2.45) is 5.92 Å². The van der Waals surface area contributed by atoms with Gasteiger partial charge in [0.1, 0.15) is 6.61 Å². The minimum absolute atomic E-state index is 0.261. The molecule has 132 valence electrons. The van der Waals surface area contributed by atoms with E-state index < -0.39 is 12.2 Å². The van der Waals surface area contributed by atoms with Gasteiger partial charge in [-0.05, 0) is 44.6 Å². The number of likely N-dealkylation sites (tertiary alicyclic amines) is 1. The lowest BCUT2D eigenvalue weighted by atomic mass is 9.93. The van der Waals surface area contributed by atoms with Gasteiger partial charge in [0.15, 0.2) is 0 Å². The summed E-state index contributed by atoms with van der Waals surface area (Å²) in [5, 5.41) is 12.0. The van der Waals surface area contributed by atoms with Gasteiger partial charge in [-0.2, -0.15) is 0 Å². The van der Waals surface area contributed by atoms with E-state index in [9.17, 15) is 14.7 Å². The zero-order valence-corrected chi connectivity index (χ0v) is 14.3. The van der Waals surface area contributed by atoms with Crippen molar-refractivity contribution >= 4 is 12.2 Å². The van der Waals surface area contributed by atoms with Gasteiger partial charge >= 0.3 is 12.2 Å². The van der Waals surface area contributed by atoms with Crippen molar-refractivity contribution in [3.8, 4) is 0 Å². The number of alkyl carbamates (subject to hydrolysis) is 1. The molecule has 1 atom stereocenters. The van der Waals surface area contributed by atoms with Crippen molar-refractivity contribution in [1.82, 2.24) is 10.2 Å². The Morgan fingerprint density at radius 3 is 2.67 bits per heavy atom. The normalized spacial score (nSPS) is 19.1. The average molecular weight is 334 g/mol. The number of carbonyl (C=O) groups is 2. The van der Waals surface area contributed by atoms with Crippen LogP contribution in [0.5, 0.6) is 0 Å². The zero-order chi connectivity index (χ0) is 17.6. The molecule has 1 fully saturated rings. The molecule has 2 N–H and O–H groups in total. The van der Waals surface area contributed by atoms with Crippen LogP contribution in [-0.4, -0.2) is 40.8 Å². The van der Waals surface area contributed by atoms with Crippen LogP contribution >= 0.6 is 0 Å². The number of hydrogen-bond acceptors (Lipinski definition) is 3. The molecule has 1 heterocycles. The third-order valence-corrected chi connectivity index (χ3v) is 4.46. The van der Waals surface area contributed by atoms with Gasteiger partial charge in [-0.1, -0.05) is 30.3 Å². The Morgan fingerprint density at radius 1 is 1.33 bits per heavy atom. The second kappa shape index (κ2) is 8.04. The van der Waals surface area contributed by atoms with Gasteiger partial charge in [0, 0.05) is 18.6 Å². The number of hydrogen-bond donors (Lipinski definition) is 2. The van der Waals surface area contributed by atoms with Crippen molar-refractivity contribution in [2.45, 2.75) is 45.3 Å². The van der Waals surface area contributed by atoms with Crippen LogP contribution in [0.4, 0.5) is 9.59 Å². The molecule has 0 bridgehead atoms. The van der Waals surface area contributed by atoms with Crippen molar-refractivity contribution in [1.29, 1.82) is 0 Å². The highest BCUT2D eigenvalue weighted by atomic mass is 16.5. The smallest absolute Gasteiger partial charge is 0.407 e. The van der Waals surface area contributed by atoms with E-state index in [-0.39, 0.29) is 12.1 Å².